The van der Waals surface area contributed by atoms with E-state index in [1.165, 1.54) is 23.0 Å². The van der Waals surface area contributed by atoms with Crippen LogP contribution >= 0.6 is 36.2 Å². The van der Waals surface area contributed by atoms with Gasteiger partial charge in [0.05, 0.1) is 0 Å². The predicted molar refractivity (Wildman–Crippen MR) is 47.4 cm³/mol. The lowest BCUT2D eigenvalue weighted by Gasteiger charge is -2.01. The Morgan fingerprint density at radius 3 is 2.12 bits per heavy atom. The molecule has 3 heteroatoms. The molecule has 0 saturated carbocycles. The van der Waals surface area contributed by atoms with E-state index in [1.54, 1.807) is 0 Å². The van der Waals surface area contributed by atoms with Gasteiger partial charge in [0, 0.05) is 28.3 Å². The summed E-state index contributed by atoms with van der Waals surface area (Å²) in [4.78, 5) is 0. The number of thiol groups is 1. The quantitative estimate of drug-likeness (QED) is 0.545. The van der Waals surface area contributed by atoms with Gasteiger partial charge in [-0.25, -0.2) is 0 Å². The van der Waals surface area contributed by atoms with Crippen LogP contribution in [0, 0.1) is 0 Å². The molecule has 1 rings (SSSR count). The van der Waals surface area contributed by atoms with Crippen LogP contribution in [0.15, 0.2) is 0 Å². The molecule has 0 aromatic rings. The Morgan fingerprint density at radius 1 is 1.12 bits per heavy atom. The van der Waals surface area contributed by atoms with Crippen LogP contribution in [0.25, 0.3) is 0 Å². The number of hydrogen-bond acceptors (Lipinski definition) is 3. The van der Waals surface area contributed by atoms with Crippen LogP contribution in [0.3, 0.4) is 0 Å². The maximum atomic E-state index is 4.39. The molecular formula is C5H10S3. The summed E-state index contributed by atoms with van der Waals surface area (Å²) in [5.41, 5.74) is 0. The molecule has 0 spiro atoms. The summed E-state index contributed by atoms with van der Waals surface area (Å²) in [5.74, 6) is 5.13. The van der Waals surface area contributed by atoms with E-state index < -0.39 is 0 Å². The molecule has 0 atom stereocenters. The van der Waals surface area contributed by atoms with Gasteiger partial charge >= 0.3 is 0 Å². The van der Waals surface area contributed by atoms with Crippen molar-refractivity contribution in [2.45, 2.75) is 5.25 Å². The highest BCUT2D eigenvalue weighted by atomic mass is 32.2. The third-order valence-corrected chi connectivity index (χ3v) is 4.37. The molecule has 0 aliphatic carbocycles. The molecule has 0 aromatic carbocycles. The van der Waals surface area contributed by atoms with Crippen LogP contribution in [0.2, 0.25) is 0 Å². The molecule has 0 nitrogen and oxygen atoms in total. The first-order valence-electron chi connectivity index (χ1n) is 2.73. The summed E-state index contributed by atoms with van der Waals surface area (Å²) in [6.07, 6.45) is 0. The molecule has 0 unspecified atom stereocenters. The zero-order valence-electron chi connectivity index (χ0n) is 4.67. The molecule has 1 aliphatic rings. The first kappa shape index (κ1) is 7.16. The van der Waals surface area contributed by atoms with Crippen LogP contribution in [0.1, 0.15) is 0 Å². The van der Waals surface area contributed by atoms with E-state index in [0.717, 1.165) is 0 Å². The average molecular weight is 166 g/mol. The molecule has 0 N–H and O–H groups in total. The summed E-state index contributed by atoms with van der Waals surface area (Å²) in [7, 11) is 0. The fourth-order valence-electron chi connectivity index (χ4n) is 0.605. The summed E-state index contributed by atoms with van der Waals surface area (Å²) in [5, 5.41) is 0.646. The molecule has 48 valence electrons. The zero-order chi connectivity index (χ0) is 5.82. The highest BCUT2D eigenvalue weighted by Gasteiger charge is 2.06. The van der Waals surface area contributed by atoms with Crippen LogP contribution in [0.4, 0.5) is 0 Å². The predicted octanol–water partition coefficient (Wildman–Crippen LogP) is 1.76. The van der Waals surface area contributed by atoms with Crippen molar-refractivity contribution in [2.75, 3.05) is 23.0 Å². The molecule has 1 heterocycles. The van der Waals surface area contributed by atoms with E-state index >= 15 is 0 Å². The first-order valence-corrected chi connectivity index (χ1v) is 5.56. The van der Waals surface area contributed by atoms with Crippen LogP contribution < -0.4 is 0 Å². The molecule has 0 radical (unpaired) electrons. The second kappa shape index (κ2) is 3.96. The van der Waals surface area contributed by atoms with E-state index in [9.17, 15) is 0 Å². The highest BCUT2D eigenvalue weighted by Crippen LogP contribution is 2.19. The van der Waals surface area contributed by atoms with E-state index in [2.05, 4.69) is 12.6 Å². The van der Waals surface area contributed by atoms with Gasteiger partial charge in [0.15, 0.2) is 0 Å². The largest absolute Gasteiger partial charge is 0.174 e. The Bertz CT molecular complexity index is 56.7. The van der Waals surface area contributed by atoms with Crippen molar-refractivity contribution in [3.05, 3.63) is 0 Å². The van der Waals surface area contributed by atoms with Gasteiger partial charge in [-0.2, -0.15) is 36.2 Å². The Kier molecular flexibility index (Phi) is 3.55. The third kappa shape index (κ3) is 2.55. The summed E-state index contributed by atoms with van der Waals surface area (Å²) in [6.45, 7) is 0. The number of rotatable bonds is 0. The minimum absolute atomic E-state index is 0.646. The Balaban J connectivity index is 2.17. The van der Waals surface area contributed by atoms with Gasteiger partial charge in [-0.15, -0.1) is 0 Å². The minimum Gasteiger partial charge on any atom is -0.174 e. The van der Waals surface area contributed by atoms with Gasteiger partial charge in [-0.05, 0) is 0 Å². The zero-order valence-corrected chi connectivity index (χ0v) is 7.20. The molecule has 1 fully saturated rings. The van der Waals surface area contributed by atoms with E-state index in [-0.39, 0.29) is 0 Å². The summed E-state index contributed by atoms with van der Waals surface area (Å²) < 4.78 is 0. The average Bonchev–Trinajstić information content (AvgIpc) is 1.94. The van der Waals surface area contributed by atoms with Crippen molar-refractivity contribution >= 4 is 36.2 Å². The second-order valence-electron chi connectivity index (χ2n) is 1.80. The fraction of sp³-hybridized carbons (Fsp3) is 1.00. The normalized spacial score (nSPS) is 25.1. The third-order valence-electron chi connectivity index (χ3n) is 0.992. The Hall–Kier alpha value is 1.05. The van der Waals surface area contributed by atoms with Gasteiger partial charge in [0.1, 0.15) is 0 Å². The minimum atomic E-state index is 0.646. The molecule has 1 saturated heterocycles. The van der Waals surface area contributed by atoms with Gasteiger partial charge in [-0.1, -0.05) is 0 Å². The Morgan fingerprint density at radius 2 is 1.62 bits per heavy atom. The summed E-state index contributed by atoms with van der Waals surface area (Å²) in [6, 6.07) is 0. The lowest BCUT2D eigenvalue weighted by molar-refractivity contribution is 1.17. The van der Waals surface area contributed by atoms with Crippen molar-refractivity contribution in [1.29, 1.82) is 0 Å². The maximum Gasteiger partial charge on any atom is 0.0198 e. The van der Waals surface area contributed by atoms with Crippen molar-refractivity contribution in [3.63, 3.8) is 0 Å². The van der Waals surface area contributed by atoms with Gasteiger partial charge in [0.25, 0.3) is 0 Å². The van der Waals surface area contributed by atoms with E-state index in [1.807, 2.05) is 23.5 Å². The van der Waals surface area contributed by atoms with Crippen LogP contribution in [0.5, 0.6) is 0 Å². The second-order valence-corrected chi connectivity index (χ2v) is 4.83. The number of thioether (sulfide) groups is 2. The van der Waals surface area contributed by atoms with Crippen LogP contribution in [-0.4, -0.2) is 28.3 Å². The standard InChI is InChI=1S/C5H10S3/c6-5-3-7-1-2-8-4-5/h5-6H,1-4H2. The van der Waals surface area contributed by atoms with Gasteiger partial charge in [0.2, 0.25) is 0 Å². The highest BCUT2D eigenvalue weighted by molar-refractivity contribution is 8.04. The number of hydrogen-bond donors (Lipinski definition) is 1. The Labute approximate surface area is 64.6 Å². The molecule has 0 aromatic heterocycles. The van der Waals surface area contributed by atoms with Crippen molar-refractivity contribution in [1.82, 2.24) is 0 Å². The topological polar surface area (TPSA) is 0 Å². The van der Waals surface area contributed by atoms with Gasteiger partial charge in [-0.3, -0.25) is 0 Å². The van der Waals surface area contributed by atoms with Crippen LogP contribution in [-0.2, 0) is 0 Å². The lowest BCUT2D eigenvalue weighted by Crippen LogP contribution is -2.02. The smallest absolute Gasteiger partial charge is 0.0198 e. The monoisotopic (exact) mass is 166 g/mol. The SMILES string of the molecule is SC1CSCCSC1. The fourth-order valence-corrected chi connectivity index (χ4v) is 3.44. The molecule has 1 aliphatic heterocycles. The molecule has 0 bridgehead atoms. The molecule has 8 heavy (non-hydrogen) atoms. The summed E-state index contributed by atoms with van der Waals surface area (Å²) >= 11 is 8.44. The lowest BCUT2D eigenvalue weighted by atomic mass is 10.6. The van der Waals surface area contributed by atoms with Crippen molar-refractivity contribution < 1.29 is 0 Å². The first-order chi connectivity index (χ1) is 3.89. The van der Waals surface area contributed by atoms with E-state index in [4.69, 9.17) is 0 Å². The van der Waals surface area contributed by atoms with Crippen molar-refractivity contribution in [3.8, 4) is 0 Å². The van der Waals surface area contributed by atoms with Crippen molar-refractivity contribution in [2.24, 2.45) is 0 Å². The van der Waals surface area contributed by atoms with Gasteiger partial charge < -0.3 is 0 Å². The molecular weight excluding hydrogens is 156 g/mol. The maximum absolute atomic E-state index is 4.39. The van der Waals surface area contributed by atoms with E-state index in [0.29, 0.717) is 5.25 Å². The molecule has 0 amide bonds.